The summed E-state index contributed by atoms with van der Waals surface area (Å²) in [6.07, 6.45) is -0.259. The van der Waals surface area contributed by atoms with Gasteiger partial charge in [0.2, 0.25) is 0 Å². The molecule has 1 unspecified atom stereocenters. The molecule has 0 fully saturated rings. The van der Waals surface area contributed by atoms with Gasteiger partial charge in [-0.25, -0.2) is 0 Å². The minimum Gasteiger partial charge on any atom is -0.387 e. The minimum absolute atomic E-state index is 0.376. The van der Waals surface area contributed by atoms with Gasteiger partial charge in [0.05, 0.1) is 18.6 Å². The predicted octanol–water partition coefficient (Wildman–Crippen LogP) is 3.55. The van der Waals surface area contributed by atoms with Gasteiger partial charge in [-0.05, 0) is 23.8 Å². The number of hydrogen-bond acceptors (Lipinski definition) is 3. The van der Waals surface area contributed by atoms with E-state index >= 15 is 0 Å². The van der Waals surface area contributed by atoms with Gasteiger partial charge >= 0.3 is 0 Å². The highest BCUT2D eigenvalue weighted by atomic mass is 35.5. The lowest BCUT2D eigenvalue weighted by molar-refractivity contribution is 0.192. The number of aliphatic hydroxyl groups excluding tert-OH is 1. The van der Waals surface area contributed by atoms with Crippen LogP contribution in [0, 0.1) is 11.3 Å². The molecule has 0 aliphatic rings. The molecule has 102 valence electrons. The fourth-order valence-corrected chi connectivity index (χ4v) is 2.16. The number of nitrogens with zero attached hydrogens (tertiary/aromatic N) is 1. The summed E-state index contributed by atoms with van der Waals surface area (Å²) in [6.45, 7) is 0.376. The maximum atomic E-state index is 10.1. The second-order valence-corrected chi connectivity index (χ2v) is 4.86. The van der Waals surface area contributed by atoms with Crippen molar-refractivity contribution in [2.45, 2.75) is 12.5 Å². The van der Waals surface area contributed by atoms with Crippen molar-refractivity contribution in [2.75, 3.05) is 11.9 Å². The molecule has 0 aliphatic carbocycles. The summed E-state index contributed by atoms with van der Waals surface area (Å²) in [4.78, 5) is 0. The Morgan fingerprint density at radius 1 is 1.15 bits per heavy atom. The van der Waals surface area contributed by atoms with Crippen LogP contribution in [0.2, 0.25) is 5.02 Å². The zero-order valence-corrected chi connectivity index (χ0v) is 11.6. The average molecular weight is 287 g/mol. The first-order chi connectivity index (χ1) is 9.70. The van der Waals surface area contributed by atoms with Gasteiger partial charge in [-0.2, -0.15) is 5.26 Å². The quantitative estimate of drug-likeness (QED) is 0.884. The van der Waals surface area contributed by atoms with Crippen molar-refractivity contribution in [1.82, 2.24) is 0 Å². The summed E-state index contributed by atoms with van der Waals surface area (Å²) in [6, 6.07) is 16.9. The molecule has 1 atom stereocenters. The topological polar surface area (TPSA) is 56.0 Å². The molecule has 0 aliphatic heterocycles. The van der Waals surface area contributed by atoms with E-state index in [9.17, 15) is 5.11 Å². The molecule has 0 amide bonds. The third-order valence-corrected chi connectivity index (χ3v) is 3.35. The van der Waals surface area contributed by atoms with Gasteiger partial charge in [0.1, 0.15) is 0 Å². The second kappa shape index (κ2) is 6.95. The fourth-order valence-electron chi connectivity index (χ4n) is 1.90. The van der Waals surface area contributed by atoms with Crippen molar-refractivity contribution in [1.29, 1.82) is 5.26 Å². The number of hydrogen-bond donors (Lipinski definition) is 2. The number of nitrogens with one attached hydrogen (secondary N) is 1. The summed E-state index contributed by atoms with van der Waals surface area (Å²) in [7, 11) is 0. The molecule has 0 saturated carbocycles. The van der Waals surface area contributed by atoms with Crippen molar-refractivity contribution in [3.63, 3.8) is 0 Å². The van der Waals surface area contributed by atoms with Gasteiger partial charge < -0.3 is 10.4 Å². The molecule has 0 saturated heterocycles. The van der Waals surface area contributed by atoms with E-state index in [-0.39, 0.29) is 0 Å². The molecule has 2 aromatic rings. The van der Waals surface area contributed by atoms with Crippen LogP contribution in [-0.2, 0) is 6.42 Å². The van der Waals surface area contributed by atoms with E-state index in [2.05, 4.69) is 11.4 Å². The smallest absolute Gasteiger partial charge is 0.0976 e. The SMILES string of the molecule is N#CCc1ccc(NCC(O)c2ccccc2Cl)cc1. The second-order valence-electron chi connectivity index (χ2n) is 4.45. The molecule has 0 spiro atoms. The third-order valence-electron chi connectivity index (χ3n) is 3.00. The summed E-state index contributed by atoms with van der Waals surface area (Å²) in [5.41, 5.74) is 2.59. The number of anilines is 1. The lowest BCUT2D eigenvalue weighted by atomic mass is 10.1. The Bertz CT molecular complexity index is 605. The number of halogens is 1. The molecule has 0 radical (unpaired) electrons. The van der Waals surface area contributed by atoms with E-state index in [1.165, 1.54) is 0 Å². The summed E-state index contributed by atoms with van der Waals surface area (Å²) in [5.74, 6) is 0. The van der Waals surface area contributed by atoms with E-state index < -0.39 is 6.10 Å². The monoisotopic (exact) mass is 286 g/mol. The molecular formula is C16H15ClN2O. The summed E-state index contributed by atoms with van der Waals surface area (Å²) >= 11 is 6.04. The van der Waals surface area contributed by atoms with Crippen LogP contribution in [0.3, 0.4) is 0 Å². The molecule has 2 rings (SSSR count). The van der Waals surface area contributed by atoms with Crippen molar-refractivity contribution >= 4 is 17.3 Å². The maximum Gasteiger partial charge on any atom is 0.0976 e. The molecule has 2 aromatic carbocycles. The number of rotatable bonds is 5. The van der Waals surface area contributed by atoms with Crippen molar-refractivity contribution < 1.29 is 5.11 Å². The third kappa shape index (κ3) is 3.74. The molecule has 2 N–H and O–H groups in total. The van der Waals surface area contributed by atoms with Crippen LogP contribution in [0.4, 0.5) is 5.69 Å². The minimum atomic E-state index is -0.664. The molecular weight excluding hydrogens is 272 g/mol. The number of nitriles is 1. The average Bonchev–Trinajstić information content (AvgIpc) is 2.47. The number of benzene rings is 2. The largest absolute Gasteiger partial charge is 0.387 e. The Balaban J connectivity index is 1.95. The highest BCUT2D eigenvalue weighted by Gasteiger charge is 2.10. The van der Waals surface area contributed by atoms with Crippen LogP contribution < -0.4 is 5.32 Å². The summed E-state index contributed by atoms with van der Waals surface area (Å²) < 4.78 is 0. The molecule has 0 heterocycles. The van der Waals surface area contributed by atoms with Crippen molar-refractivity contribution in [2.24, 2.45) is 0 Å². The van der Waals surface area contributed by atoms with Gasteiger partial charge in [0.15, 0.2) is 0 Å². The zero-order valence-electron chi connectivity index (χ0n) is 10.9. The molecule has 0 aromatic heterocycles. The van der Waals surface area contributed by atoms with Crippen LogP contribution in [0.25, 0.3) is 0 Å². The highest BCUT2D eigenvalue weighted by molar-refractivity contribution is 6.31. The lowest BCUT2D eigenvalue weighted by Crippen LogP contribution is -2.12. The maximum absolute atomic E-state index is 10.1. The van der Waals surface area contributed by atoms with Gasteiger partial charge in [-0.3, -0.25) is 0 Å². The van der Waals surface area contributed by atoms with Gasteiger partial charge in [-0.15, -0.1) is 0 Å². The first-order valence-corrected chi connectivity index (χ1v) is 6.71. The molecule has 3 nitrogen and oxygen atoms in total. The Kier molecular flexibility index (Phi) is 5.00. The van der Waals surface area contributed by atoms with E-state index in [1.54, 1.807) is 6.07 Å². The van der Waals surface area contributed by atoms with E-state index in [0.29, 0.717) is 23.6 Å². The van der Waals surface area contributed by atoms with E-state index in [0.717, 1.165) is 11.3 Å². The zero-order chi connectivity index (χ0) is 14.4. The first-order valence-electron chi connectivity index (χ1n) is 6.33. The predicted molar refractivity (Wildman–Crippen MR) is 80.7 cm³/mol. The van der Waals surface area contributed by atoms with Crippen molar-refractivity contribution in [3.8, 4) is 6.07 Å². The van der Waals surface area contributed by atoms with Gasteiger partial charge in [0, 0.05) is 22.8 Å². The lowest BCUT2D eigenvalue weighted by Gasteiger charge is -2.14. The van der Waals surface area contributed by atoms with E-state index in [1.807, 2.05) is 42.5 Å². The van der Waals surface area contributed by atoms with Crippen molar-refractivity contribution in [3.05, 3.63) is 64.7 Å². The van der Waals surface area contributed by atoms with Crippen LogP contribution in [-0.4, -0.2) is 11.7 Å². The Labute approximate surface area is 123 Å². The normalized spacial score (nSPS) is 11.7. The number of aliphatic hydroxyl groups is 1. The molecule has 0 bridgehead atoms. The molecule has 20 heavy (non-hydrogen) atoms. The van der Waals surface area contributed by atoms with Crippen LogP contribution in [0.1, 0.15) is 17.2 Å². The molecule has 4 heteroatoms. The Morgan fingerprint density at radius 2 is 1.85 bits per heavy atom. The van der Waals surface area contributed by atoms with Crippen LogP contribution >= 0.6 is 11.6 Å². The van der Waals surface area contributed by atoms with Gasteiger partial charge in [0.25, 0.3) is 0 Å². The van der Waals surface area contributed by atoms with E-state index in [4.69, 9.17) is 16.9 Å². The fraction of sp³-hybridized carbons (Fsp3) is 0.188. The Hall–Kier alpha value is -2.02. The van der Waals surface area contributed by atoms with Crippen LogP contribution in [0.15, 0.2) is 48.5 Å². The van der Waals surface area contributed by atoms with Gasteiger partial charge in [-0.1, -0.05) is 41.9 Å². The summed E-state index contributed by atoms with van der Waals surface area (Å²) in [5, 5.41) is 22.4. The van der Waals surface area contributed by atoms with Crippen LogP contribution in [0.5, 0.6) is 0 Å². The first kappa shape index (κ1) is 14.4. The Morgan fingerprint density at radius 3 is 2.50 bits per heavy atom. The standard InChI is InChI=1S/C16H15ClN2O/c17-15-4-2-1-3-14(15)16(20)11-19-13-7-5-12(6-8-13)9-10-18/h1-8,16,19-20H,9,11H2. The highest BCUT2D eigenvalue weighted by Crippen LogP contribution is 2.23.